The SMILES string of the molecule is CC.CC.CC.CC(C)C12CCC(C(C)C)(C1)C2.CC(C)C12CCC(C(C)C)(CC1)CC2.CC(C)C12CCCC(C(C)C)(C1)C2. The van der Waals surface area contributed by atoms with Gasteiger partial charge in [-0.05, 0) is 158 Å². The Labute approximate surface area is 288 Å². The van der Waals surface area contributed by atoms with Crippen LogP contribution >= 0.6 is 0 Å². The highest BCUT2D eigenvalue weighted by atomic mass is 14.7. The van der Waals surface area contributed by atoms with Crippen molar-refractivity contribution in [3.05, 3.63) is 0 Å². The monoisotopic (exact) mass is 631 g/mol. The molecule has 0 aromatic rings. The third-order valence-electron chi connectivity index (χ3n) is 16.0. The van der Waals surface area contributed by atoms with Crippen LogP contribution in [0.15, 0.2) is 0 Å². The molecule has 0 aromatic carbocycles. The van der Waals surface area contributed by atoms with Gasteiger partial charge in [-0.25, -0.2) is 0 Å². The highest BCUT2D eigenvalue weighted by Crippen LogP contribution is 2.72. The molecule has 0 unspecified atom stereocenters. The van der Waals surface area contributed by atoms with Crippen molar-refractivity contribution < 1.29 is 0 Å². The van der Waals surface area contributed by atoms with Gasteiger partial charge in [0.25, 0.3) is 0 Å². The highest BCUT2D eigenvalue weighted by Gasteiger charge is 2.62. The quantitative estimate of drug-likeness (QED) is 0.274. The fourth-order valence-corrected chi connectivity index (χ4v) is 11.5. The van der Waals surface area contributed by atoms with E-state index in [-0.39, 0.29) is 0 Å². The average Bonchev–Trinajstić information content (AvgIpc) is 3.61. The minimum atomic E-state index is 0.747. The molecule has 0 spiro atoms. The predicted octanol–water partition coefficient (Wildman–Crippen LogP) is 15.8. The van der Waals surface area contributed by atoms with Crippen LogP contribution in [0.25, 0.3) is 0 Å². The van der Waals surface area contributed by atoms with E-state index in [1.165, 1.54) is 96.3 Å². The Bertz CT molecular complexity index is 718. The largest absolute Gasteiger partial charge is 0.0683 e. The summed E-state index contributed by atoms with van der Waals surface area (Å²) in [6.07, 6.45) is 22.8. The molecule has 9 aliphatic carbocycles. The zero-order chi connectivity index (χ0) is 35.1. The lowest BCUT2D eigenvalue weighted by Gasteiger charge is -2.65. The normalized spacial score (nSPS) is 38.4. The first-order valence-corrected chi connectivity index (χ1v) is 21.0. The maximum absolute atomic E-state index is 2.44. The number of hydrogen-bond acceptors (Lipinski definition) is 0. The first-order valence-electron chi connectivity index (χ1n) is 21.0. The summed E-state index contributed by atoms with van der Waals surface area (Å²) in [6.45, 7) is 41.1. The van der Waals surface area contributed by atoms with Crippen LogP contribution < -0.4 is 0 Å². The van der Waals surface area contributed by atoms with Crippen molar-refractivity contribution >= 4 is 0 Å². The molecule has 0 aromatic heterocycles. The number of hydrogen-bond donors (Lipinski definition) is 0. The lowest BCUT2D eigenvalue weighted by molar-refractivity contribution is -0.147. The maximum Gasteiger partial charge on any atom is -0.0263 e. The molecule has 9 fully saturated rings. The van der Waals surface area contributed by atoms with Crippen LogP contribution in [-0.4, -0.2) is 0 Å². The molecular formula is C45H90. The van der Waals surface area contributed by atoms with Gasteiger partial charge in [0.05, 0.1) is 0 Å². The van der Waals surface area contributed by atoms with Gasteiger partial charge in [-0.3, -0.25) is 0 Å². The summed E-state index contributed by atoms with van der Waals surface area (Å²) in [7, 11) is 0. The van der Waals surface area contributed by atoms with Crippen molar-refractivity contribution in [3.8, 4) is 0 Å². The molecule has 9 aliphatic rings. The summed E-state index contributed by atoms with van der Waals surface area (Å²) in [4.78, 5) is 0. The molecule has 0 nitrogen and oxygen atoms in total. The van der Waals surface area contributed by atoms with Gasteiger partial charge in [-0.1, -0.05) is 131 Å². The lowest BCUT2D eigenvalue weighted by atomic mass is 9.40. The third-order valence-corrected chi connectivity index (χ3v) is 16.0. The van der Waals surface area contributed by atoms with Gasteiger partial charge < -0.3 is 0 Å². The second-order valence-corrected chi connectivity index (χ2v) is 18.7. The number of rotatable bonds is 6. The van der Waals surface area contributed by atoms with E-state index in [4.69, 9.17) is 0 Å². The first-order chi connectivity index (χ1) is 21.0. The van der Waals surface area contributed by atoms with Gasteiger partial charge in [-0.15, -0.1) is 0 Å². The summed E-state index contributed by atoms with van der Waals surface area (Å²) < 4.78 is 0. The molecule has 9 rings (SSSR count). The minimum absolute atomic E-state index is 0.747. The van der Waals surface area contributed by atoms with Gasteiger partial charge >= 0.3 is 0 Å². The van der Waals surface area contributed by atoms with Crippen LogP contribution in [-0.2, 0) is 0 Å². The van der Waals surface area contributed by atoms with E-state index in [1.54, 1.807) is 0 Å². The van der Waals surface area contributed by atoms with Crippen LogP contribution in [0.3, 0.4) is 0 Å². The molecule has 0 amide bonds. The van der Waals surface area contributed by atoms with E-state index in [0.717, 1.165) is 68.0 Å². The lowest BCUT2D eigenvalue weighted by Crippen LogP contribution is -2.55. The predicted molar refractivity (Wildman–Crippen MR) is 207 cm³/mol. The number of fused-ring (bicyclic) bond motifs is 6. The Morgan fingerprint density at radius 2 is 0.400 bits per heavy atom. The van der Waals surface area contributed by atoms with E-state index in [0.29, 0.717) is 0 Å². The van der Waals surface area contributed by atoms with Crippen LogP contribution in [0.5, 0.6) is 0 Å². The van der Waals surface area contributed by atoms with Crippen LogP contribution in [0.1, 0.15) is 221 Å². The van der Waals surface area contributed by atoms with Gasteiger partial charge in [0.2, 0.25) is 0 Å². The molecule has 9 saturated carbocycles. The Morgan fingerprint density at radius 3 is 0.556 bits per heavy atom. The minimum Gasteiger partial charge on any atom is -0.0683 e. The highest BCUT2D eigenvalue weighted by molar-refractivity contribution is 5.12. The summed E-state index contributed by atoms with van der Waals surface area (Å²) in [5.41, 5.74) is 4.59. The maximum atomic E-state index is 2.44. The standard InChI is InChI=1S/C14H26.C13H24.C12H22.3C2H6/c1-11(2)13-5-8-14(9-6-13,10-7-13)12(3)4;1-10(2)12-6-5-7-13(8-12,9-12)11(3)4;1-9(2)11-5-6-12(7-11,8-11)10(3)4;3*1-2/h11-12H,5-10H2,1-4H3;10-11H,5-9H2,1-4H3;9-10H,5-8H2,1-4H3;3*1-2H3. The van der Waals surface area contributed by atoms with E-state index in [2.05, 4.69) is 83.1 Å². The molecule has 6 bridgehead atoms. The third kappa shape index (κ3) is 8.42. The van der Waals surface area contributed by atoms with Crippen LogP contribution in [0, 0.1) is 68.0 Å². The summed E-state index contributed by atoms with van der Waals surface area (Å²) in [5, 5.41) is 0. The van der Waals surface area contributed by atoms with Crippen molar-refractivity contribution in [2.24, 2.45) is 68.0 Å². The Balaban J connectivity index is 0.000000312. The molecule has 0 radical (unpaired) electrons. The average molecular weight is 631 g/mol. The second kappa shape index (κ2) is 17.1. The second-order valence-electron chi connectivity index (χ2n) is 18.7. The Kier molecular flexibility index (Phi) is 16.3. The molecule has 0 heterocycles. The Morgan fingerprint density at radius 1 is 0.244 bits per heavy atom. The molecule has 0 aliphatic heterocycles. The topological polar surface area (TPSA) is 0 Å². The van der Waals surface area contributed by atoms with Crippen molar-refractivity contribution in [3.63, 3.8) is 0 Å². The van der Waals surface area contributed by atoms with Crippen molar-refractivity contribution in [2.45, 2.75) is 221 Å². The van der Waals surface area contributed by atoms with Crippen molar-refractivity contribution in [1.82, 2.24) is 0 Å². The molecule has 0 saturated heterocycles. The van der Waals surface area contributed by atoms with E-state index < -0.39 is 0 Å². The molecular weight excluding hydrogens is 540 g/mol. The summed E-state index contributed by atoms with van der Waals surface area (Å²) in [6, 6.07) is 0. The van der Waals surface area contributed by atoms with E-state index in [1.807, 2.05) is 41.5 Å². The summed E-state index contributed by atoms with van der Waals surface area (Å²) >= 11 is 0. The zero-order valence-corrected chi connectivity index (χ0v) is 35.1. The fourth-order valence-electron chi connectivity index (χ4n) is 11.5. The zero-order valence-electron chi connectivity index (χ0n) is 35.1. The summed E-state index contributed by atoms with van der Waals surface area (Å²) in [5.74, 6) is 5.50. The van der Waals surface area contributed by atoms with Crippen molar-refractivity contribution in [1.29, 1.82) is 0 Å². The molecule has 0 heteroatoms. The van der Waals surface area contributed by atoms with E-state index >= 15 is 0 Å². The van der Waals surface area contributed by atoms with Gasteiger partial charge in [0.1, 0.15) is 0 Å². The van der Waals surface area contributed by atoms with Crippen LogP contribution in [0.2, 0.25) is 0 Å². The molecule has 0 atom stereocenters. The molecule has 45 heavy (non-hydrogen) atoms. The smallest absolute Gasteiger partial charge is 0.0263 e. The molecule has 270 valence electrons. The molecule has 0 N–H and O–H groups in total. The fraction of sp³-hybridized carbons (Fsp3) is 1.00. The van der Waals surface area contributed by atoms with E-state index in [9.17, 15) is 0 Å². The van der Waals surface area contributed by atoms with Gasteiger partial charge in [0.15, 0.2) is 0 Å². The van der Waals surface area contributed by atoms with Gasteiger partial charge in [0, 0.05) is 0 Å². The Hall–Kier alpha value is 0. The van der Waals surface area contributed by atoms with Crippen molar-refractivity contribution in [2.75, 3.05) is 0 Å². The first kappa shape index (κ1) is 43.0. The van der Waals surface area contributed by atoms with Gasteiger partial charge in [-0.2, -0.15) is 0 Å². The van der Waals surface area contributed by atoms with Crippen LogP contribution in [0.4, 0.5) is 0 Å².